The number of nitrogens with one attached hydrogen (secondary N) is 1. The van der Waals surface area contributed by atoms with Crippen LogP contribution in [0, 0.1) is 5.92 Å². The summed E-state index contributed by atoms with van der Waals surface area (Å²) in [4.78, 5) is 26.0. The van der Waals surface area contributed by atoms with E-state index in [4.69, 9.17) is 4.74 Å². The molecule has 3 rings (SSSR count). The number of nitrogens with zero attached hydrogens (tertiary/aromatic N) is 1. The van der Waals surface area contributed by atoms with Crippen molar-refractivity contribution in [2.75, 3.05) is 26.0 Å². The van der Waals surface area contributed by atoms with Crippen LogP contribution in [0.4, 0.5) is 0 Å². The van der Waals surface area contributed by atoms with Gasteiger partial charge in [0.25, 0.3) is 0 Å². The molecule has 2 unspecified atom stereocenters. The van der Waals surface area contributed by atoms with Crippen molar-refractivity contribution in [1.29, 1.82) is 0 Å². The molecule has 0 spiro atoms. The molecule has 1 N–H and O–H groups in total. The number of carbonyl (C=O) groups is 2. The van der Waals surface area contributed by atoms with Crippen LogP contribution in [0.2, 0.25) is 0 Å². The third kappa shape index (κ3) is 3.50. The lowest BCUT2D eigenvalue weighted by atomic mass is 9.97. The van der Waals surface area contributed by atoms with Crippen LogP contribution in [0.5, 0.6) is 5.75 Å². The van der Waals surface area contributed by atoms with Crippen LogP contribution in [0.25, 0.3) is 0 Å². The molecular formula is C16H19BrN2O3S. The summed E-state index contributed by atoms with van der Waals surface area (Å²) in [5, 5.41) is 2.83. The van der Waals surface area contributed by atoms with E-state index in [0.29, 0.717) is 19.4 Å². The number of hydrogen-bond acceptors (Lipinski definition) is 4. The smallest absolute Gasteiger partial charge is 0.228 e. The van der Waals surface area contributed by atoms with Crippen molar-refractivity contribution < 1.29 is 14.3 Å². The summed E-state index contributed by atoms with van der Waals surface area (Å²) >= 11 is 5.28. The van der Waals surface area contributed by atoms with Crippen LogP contribution >= 0.6 is 27.7 Å². The summed E-state index contributed by atoms with van der Waals surface area (Å²) in [6.07, 6.45) is 1.08. The summed E-state index contributed by atoms with van der Waals surface area (Å²) in [7, 11) is 1.64. The number of halogens is 1. The van der Waals surface area contributed by atoms with Gasteiger partial charge in [-0.05, 0) is 40.0 Å². The van der Waals surface area contributed by atoms with E-state index >= 15 is 0 Å². The maximum Gasteiger partial charge on any atom is 0.228 e. The number of thioether (sulfide) groups is 1. The van der Waals surface area contributed by atoms with Gasteiger partial charge in [-0.1, -0.05) is 6.07 Å². The predicted molar refractivity (Wildman–Crippen MR) is 93.3 cm³/mol. The first-order chi connectivity index (χ1) is 11.1. The molecule has 2 aliphatic rings. The minimum Gasteiger partial charge on any atom is -0.496 e. The summed E-state index contributed by atoms with van der Waals surface area (Å²) in [5.41, 5.74) is 1.09. The minimum absolute atomic E-state index is 0.0299. The number of methoxy groups -OCH3 is 1. The quantitative estimate of drug-likeness (QED) is 0.849. The molecule has 0 aliphatic carbocycles. The van der Waals surface area contributed by atoms with E-state index < -0.39 is 0 Å². The van der Waals surface area contributed by atoms with Crippen molar-refractivity contribution in [3.63, 3.8) is 0 Å². The molecule has 0 radical (unpaired) electrons. The van der Waals surface area contributed by atoms with E-state index in [-0.39, 0.29) is 23.1 Å². The van der Waals surface area contributed by atoms with Crippen molar-refractivity contribution in [2.24, 2.45) is 5.92 Å². The van der Waals surface area contributed by atoms with E-state index in [9.17, 15) is 9.59 Å². The molecule has 124 valence electrons. The lowest BCUT2D eigenvalue weighted by Gasteiger charge is -2.30. The van der Waals surface area contributed by atoms with Crippen molar-refractivity contribution in [1.82, 2.24) is 10.2 Å². The first-order valence-electron chi connectivity index (χ1n) is 7.62. The Balaban J connectivity index is 1.76. The SMILES string of the molecule is COc1ccc(C2SCCN2C(=O)C2CCC(=O)NC2)cc1Br. The molecule has 0 bridgehead atoms. The largest absolute Gasteiger partial charge is 0.496 e. The Labute approximate surface area is 148 Å². The van der Waals surface area contributed by atoms with Crippen molar-refractivity contribution >= 4 is 39.5 Å². The molecule has 2 fully saturated rings. The molecule has 5 nitrogen and oxygen atoms in total. The van der Waals surface area contributed by atoms with Gasteiger partial charge in [0.1, 0.15) is 11.1 Å². The predicted octanol–water partition coefficient (Wildman–Crippen LogP) is 2.56. The van der Waals surface area contributed by atoms with Crippen LogP contribution < -0.4 is 10.1 Å². The van der Waals surface area contributed by atoms with Gasteiger partial charge in [-0.2, -0.15) is 0 Å². The first kappa shape index (κ1) is 16.6. The van der Waals surface area contributed by atoms with E-state index in [1.807, 2.05) is 23.1 Å². The standard InChI is InChI=1S/C16H19BrN2O3S/c1-22-13-4-2-10(8-12(13)17)16-19(6-7-23-16)15(21)11-3-5-14(20)18-9-11/h2,4,8,11,16H,3,5-7,9H2,1H3,(H,18,20). The molecule has 23 heavy (non-hydrogen) atoms. The number of benzene rings is 1. The highest BCUT2D eigenvalue weighted by molar-refractivity contribution is 9.10. The van der Waals surface area contributed by atoms with Crippen molar-refractivity contribution in [3.05, 3.63) is 28.2 Å². The molecule has 2 heterocycles. The molecule has 2 amide bonds. The fraction of sp³-hybridized carbons (Fsp3) is 0.500. The van der Waals surface area contributed by atoms with Gasteiger partial charge in [-0.15, -0.1) is 11.8 Å². The normalized spacial score (nSPS) is 24.4. The number of rotatable bonds is 3. The molecule has 0 aromatic heterocycles. The number of amides is 2. The average Bonchev–Trinajstić information content (AvgIpc) is 3.04. The maximum atomic E-state index is 12.8. The fourth-order valence-corrected chi connectivity index (χ4v) is 4.80. The third-order valence-corrected chi connectivity index (χ3v) is 6.13. The first-order valence-corrected chi connectivity index (χ1v) is 9.46. The molecule has 2 atom stereocenters. The number of hydrogen-bond donors (Lipinski definition) is 1. The summed E-state index contributed by atoms with van der Waals surface area (Å²) in [5.74, 6) is 1.80. The molecule has 1 aromatic carbocycles. The zero-order valence-corrected chi connectivity index (χ0v) is 15.3. The second-order valence-electron chi connectivity index (χ2n) is 5.69. The lowest BCUT2D eigenvalue weighted by molar-refractivity contribution is -0.137. The summed E-state index contributed by atoms with van der Waals surface area (Å²) < 4.78 is 6.16. The Hall–Kier alpha value is -1.21. The van der Waals surface area contributed by atoms with Crippen LogP contribution in [-0.2, 0) is 9.59 Å². The van der Waals surface area contributed by atoms with Crippen LogP contribution in [0.15, 0.2) is 22.7 Å². The second-order valence-corrected chi connectivity index (χ2v) is 7.73. The topological polar surface area (TPSA) is 58.6 Å². The third-order valence-electron chi connectivity index (χ3n) is 4.25. The summed E-state index contributed by atoms with van der Waals surface area (Å²) in [6.45, 7) is 1.21. The average molecular weight is 399 g/mol. The van der Waals surface area contributed by atoms with E-state index in [2.05, 4.69) is 21.2 Å². The molecule has 1 aromatic rings. The Morgan fingerprint density at radius 2 is 2.30 bits per heavy atom. The van der Waals surface area contributed by atoms with Gasteiger partial charge >= 0.3 is 0 Å². The molecule has 0 saturated carbocycles. The van der Waals surface area contributed by atoms with Gasteiger partial charge in [0.2, 0.25) is 11.8 Å². The second kappa shape index (κ2) is 7.13. The molecule has 2 aliphatic heterocycles. The Bertz CT molecular complexity index is 615. The minimum atomic E-state index is -0.101. The Kier molecular flexibility index (Phi) is 5.16. The van der Waals surface area contributed by atoms with Gasteiger partial charge in [0.15, 0.2) is 0 Å². The van der Waals surface area contributed by atoms with E-state index in [0.717, 1.165) is 28.1 Å². The van der Waals surface area contributed by atoms with Gasteiger partial charge in [-0.25, -0.2) is 0 Å². The van der Waals surface area contributed by atoms with Crippen molar-refractivity contribution in [3.8, 4) is 5.75 Å². The number of ether oxygens (including phenoxy) is 1. The van der Waals surface area contributed by atoms with Gasteiger partial charge in [0.05, 0.1) is 17.5 Å². The zero-order chi connectivity index (χ0) is 16.4. The molecule has 2 saturated heterocycles. The Morgan fingerprint density at radius 3 is 2.96 bits per heavy atom. The maximum absolute atomic E-state index is 12.8. The van der Waals surface area contributed by atoms with Gasteiger partial charge in [-0.3, -0.25) is 9.59 Å². The van der Waals surface area contributed by atoms with Gasteiger partial charge in [0, 0.05) is 25.3 Å². The highest BCUT2D eigenvalue weighted by atomic mass is 79.9. The van der Waals surface area contributed by atoms with Crippen LogP contribution in [-0.4, -0.2) is 42.7 Å². The fourth-order valence-electron chi connectivity index (χ4n) is 2.99. The number of carbonyl (C=O) groups excluding carboxylic acids is 2. The lowest BCUT2D eigenvalue weighted by Crippen LogP contribution is -2.44. The number of piperidine rings is 1. The van der Waals surface area contributed by atoms with Crippen molar-refractivity contribution in [2.45, 2.75) is 18.2 Å². The van der Waals surface area contributed by atoms with E-state index in [1.165, 1.54) is 0 Å². The highest BCUT2D eigenvalue weighted by Crippen LogP contribution is 2.41. The molecular weight excluding hydrogens is 380 g/mol. The monoisotopic (exact) mass is 398 g/mol. The van der Waals surface area contributed by atoms with E-state index in [1.54, 1.807) is 18.9 Å². The Morgan fingerprint density at radius 1 is 1.48 bits per heavy atom. The summed E-state index contributed by atoms with van der Waals surface area (Å²) in [6, 6.07) is 5.95. The van der Waals surface area contributed by atoms with Crippen LogP contribution in [0.1, 0.15) is 23.8 Å². The highest BCUT2D eigenvalue weighted by Gasteiger charge is 2.36. The molecule has 7 heteroatoms. The zero-order valence-electron chi connectivity index (χ0n) is 12.9. The van der Waals surface area contributed by atoms with Gasteiger partial charge < -0.3 is 15.0 Å². The van der Waals surface area contributed by atoms with Crippen LogP contribution in [0.3, 0.4) is 0 Å².